The summed E-state index contributed by atoms with van der Waals surface area (Å²) in [4.78, 5) is 15.1. The molecule has 0 aliphatic carbocycles. The highest BCUT2D eigenvalue weighted by atomic mass is 19.1. The van der Waals surface area contributed by atoms with Gasteiger partial charge in [-0.05, 0) is 68.8 Å². The van der Waals surface area contributed by atoms with Crippen LogP contribution in [-0.4, -0.2) is 50.1 Å². The van der Waals surface area contributed by atoms with Gasteiger partial charge in [-0.15, -0.1) is 0 Å². The maximum Gasteiger partial charge on any atom is 0.203 e. The van der Waals surface area contributed by atoms with Crippen LogP contribution < -0.4 is 14.2 Å². The molecule has 2 aromatic carbocycles. The number of nitrogens with zero attached hydrogens (tertiary/aromatic N) is 1. The highest BCUT2D eigenvalue weighted by molar-refractivity contribution is 5.97. The fourth-order valence-corrected chi connectivity index (χ4v) is 3.94. The van der Waals surface area contributed by atoms with Crippen LogP contribution in [0.2, 0.25) is 0 Å². The number of likely N-dealkylation sites (tertiary alicyclic amines) is 1. The van der Waals surface area contributed by atoms with Crippen LogP contribution in [0.5, 0.6) is 17.2 Å². The molecule has 0 spiro atoms. The van der Waals surface area contributed by atoms with Crippen LogP contribution in [0.25, 0.3) is 0 Å². The Bertz CT molecular complexity index is 839. The van der Waals surface area contributed by atoms with E-state index in [1.807, 2.05) is 18.2 Å². The topological polar surface area (TPSA) is 48.0 Å². The molecule has 154 valence electrons. The minimum Gasteiger partial charge on any atom is -0.488 e. The Morgan fingerprint density at radius 3 is 2.76 bits per heavy atom. The van der Waals surface area contributed by atoms with Gasteiger partial charge < -0.3 is 14.2 Å². The molecule has 6 heteroatoms. The molecule has 0 N–H and O–H groups in total. The summed E-state index contributed by atoms with van der Waals surface area (Å²) in [6.45, 7) is 4.24. The average Bonchev–Trinajstić information content (AvgIpc) is 3.00. The van der Waals surface area contributed by atoms with E-state index in [9.17, 15) is 9.18 Å². The maximum atomic E-state index is 13.1. The van der Waals surface area contributed by atoms with Gasteiger partial charge in [-0.3, -0.25) is 9.69 Å². The molecule has 2 heterocycles. The molecule has 1 fully saturated rings. The van der Waals surface area contributed by atoms with E-state index in [-0.39, 0.29) is 17.5 Å². The SMILES string of the molecule is O=C(c1ccc(F)cc1)C1CCCN(CCOc2cccc3c2OCCO3)CC1. The lowest BCUT2D eigenvalue weighted by Crippen LogP contribution is -2.30. The lowest BCUT2D eigenvalue weighted by atomic mass is 9.91. The number of benzene rings is 2. The van der Waals surface area contributed by atoms with Crippen LogP contribution in [0.15, 0.2) is 42.5 Å². The number of halogens is 1. The van der Waals surface area contributed by atoms with Crippen molar-refractivity contribution in [3.8, 4) is 17.2 Å². The quantitative estimate of drug-likeness (QED) is 0.688. The first-order valence-corrected chi connectivity index (χ1v) is 10.2. The zero-order chi connectivity index (χ0) is 20.1. The first-order valence-electron chi connectivity index (χ1n) is 10.2. The van der Waals surface area contributed by atoms with E-state index in [1.165, 1.54) is 12.1 Å². The Morgan fingerprint density at radius 2 is 1.90 bits per heavy atom. The molecule has 29 heavy (non-hydrogen) atoms. The predicted octanol–water partition coefficient (Wildman–Crippen LogP) is 3.96. The number of fused-ring (bicyclic) bond motifs is 1. The van der Waals surface area contributed by atoms with Crippen molar-refractivity contribution in [3.63, 3.8) is 0 Å². The van der Waals surface area contributed by atoms with E-state index in [2.05, 4.69) is 4.90 Å². The maximum absolute atomic E-state index is 13.1. The number of hydrogen-bond acceptors (Lipinski definition) is 5. The van der Waals surface area contributed by atoms with Gasteiger partial charge in [0.1, 0.15) is 25.6 Å². The molecule has 4 rings (SSSR count). The molecule has 1 saturated heterocycles. The summed E-state index contributed by atoms with van der Waals surface area (Å²) < 4.78 is 30.3. The molecular formula is C23H26FNO4. The lowest BCUT2D eigenvalue weighted by molar-refractivity contribution is 0.0907. The molecule has 0 saturated carbocycles. The number of Topliss-reactive ketones (excluding diaryl/α,β-unsaturated/α-hetero) is 1. The lowest BCUT2D eigenvalue weighted by Gasteiger charge is -2.23. The molecule has 2 aromatic rings. The normalized spacial score (nSPS) is 19.4. The summed E-state index contributed by atoms with van der Waals surface area (Å²) in [6.07, 6.45) is 2.65. The van der Waals surface area contributed by atoms with Gasteiger partial charge in [-0.25, -0.2) is 4.39 Å². The molecule has 0 radical (unpaired) electrons. The molecule has 1 atom stereocenters. The Morgan fingerprint density at radius 1 is 1.07 bits per heavy atom. The zero-order valence-electron chi connectivity index (χ0n) is 16.4. The molecule has 2 aliphatic rings. The Hall–Kier alpha value is -2.60. The minimum absolute atomic E-state index is 0.00179. The van der Waals surface area contributed by atoms with Crippen LogP contribution in [0.3, 0.4) is 0 Å². The summed E-state index contributed by atoms with van der Waals surface area (Å²) in [5.74, 6) is 1.92. The first-order chi connectivity index (χ1) is 14.2. The summed E-state index contributed by atoms with van der Waals surface area (Å²) >= 11 is 0. The van der Waals surface area contributed by atoms with Crippen LogP contribution in [0, 0.1) is 11.7 Å². The Labute approximate surface area is 170 Å². The van der Waals surface area contributed by atoms with Crippen molar-refractivity contribution in [1.82, 2.24) is 4.90 Å². The molecule has 2 aliphatic heterocycles. The average molecular weight is 399 g/mol. The van der Waals surface area contributed by atoms with E-state index < -0.39 is 0 Å². The van der Waals surface area contributed by atoms with Gasteiger partial charge >= 0.3 is 0 Å². The van der Waals surface area contributed by atoms with Gasteiger partial charge in [0, 0.05) is 18.0 Å². The summed E-state index contributed by atoms with van der Waals surface area (Å²) in [5, 5.41) is 0. The highest BCUT2D eigenvalue weighted by Gasteiger charge is 2.24. The highest BCUT2D eigenvalue weighted by Crippen LogP contribution is 2.38. The third-order valence-electron chi connectivity index (χ3n) is 5.52. The second-order valence-electron chi connectivity index (χ2n) is 7.47. The molecular weight excluding hydrogens is 373 g/mol. The van der Waals surface area contributed by atoms with Gasteiger partial charge in [0.05, 0.1) is 0 Å². The molecule has 1 unspecified atom stereocenters. The number of hydrogen-bond donors (Lipinski definition) is 0. The van der Waals surface area contributed by atoms with Crippen LogP contribution >= 0.6 is 0 Å². The standard InChI is InChI=1S/C23H26FNO4/c24-19-8-6-18(7-9-19)22(26)17-3-2-11-25(12-10-17)13-14-27-20-4-1-5-21-23(20)29-16-15-28-21/h1,4-9,17H,2-3,10-16H2. The molecule has 0 aromatic heterocycles. The number of ether oxygens (including phenoxy) is 3. The van der Waals surface area contributed by atoms with Gasteiger partial charge in [-0.1, -0.05) is 6.07 Å². The smallest absolute Gasteiger partial charge is 0.203 e. The monoisotopic (exact) mass is 399 g/mol. The number of rotatable bonds is 6. The van der Waals surface area contributed by atoms with E-state index in [4.69, 9.17) is 14.2 Å². The predicted molar refractivity (Wildman–Crippen MR) is 107 cm³/mol. The summed E-state index contributed by atoms with van der Waals surface area (Å²) in [5.41, 5.74) is 0.601. The third kappa shape index (κ3) is 4.88. The number of carbonyl (C=O) groups excluding carboxylic acids is 1. The van der Waals surface area contributed by atoms with E-state index in [0.717, 1.165) is 44.6 Å². The van der Waals surface area contributed by atoms with Crippen LogP contribution in [0.1, 0.15) is 29.6 Å². The van der Waals surface area contributed by atoms with Gasteiger partial charge in [0.25, 0.3) is 0 Å². The summed E-state index contributed by atoms with van der Waals surface area (Å²) in [7, 11) is 0. The largest absolute Gasteiger partial charge is 0.488 e. The van der Waals surface area contributed by atoms with E-state index >= 15 is 0 Å². The second kappa shape index (κ2) is 9.27. The van der Waals surface area contributed by atoms with Gasteiger partial charge in [0.15, 0.2) is 17.3 Å². The van der Waals surface area contributed by atoms with Crippen molar-refractivity contribution >= 4 is 5.78 Å². The third-order valence-corrected chi connectivity index (χ3v) is 5.52. The molecule has 5 nitrogen and oxygen atoms in total. The van der Waals surface area contributed by atoms with Crippen LogP contribution in [0.4, 0.5) is 4.39 Å². The Kier molecular flexibility index (Phi) is 6.30. The fraction of sp³-hybridized carbons (Fsp3) is 0.435. The Balaban J connectivity index is 1.27. The van der Waals surface area contributed by atoms with Crippen molar-refractivity contribution in [2.75, 3.05) is 39.5 Å². The van der Waals surface area contributed by atoms with Crippen molar-refractivity contribution < 1.29 is 23.4 Å². The second-order valence-corrected chi connectivity index (χ2v) is 7.47. The van der Waals surface area contributed by atoms with E-state index in [1.54, 1.807) is 12.1 Å². The number of carbonyl (C=O) groups is 1. The zero-order valence-corrected chi connectivity index (χ0v) is 16.4. The number of para-hydroxylation sites is 1. The fourth-order valence-electron chi connectivity index (χ4n) is 3.94. The van der Waals surface area contributed by atoms with Crippen molar-refractivity contribution in [1.29, 1.82) is 0 Å². The summed E-state index contributed by atoms with van der Waals surface area (Å²) in [6, 6.07) is 11.6. The molecule has 0 amide bonds. The van der Waals surface area contributed by atoms with Crippen LogP contribution in [-0.2, 0) is 0 Å². The van der Waals surface area contributed by atoms with E-state index in [0.29, 0.717) is 36.9 Å². The minimum atomic E-state index is -0.315. The van der Waals surface area contributed by atoms with Crippen molar-refractivity contribution in [3.05, 3.63) is 53.8 Å². The number of ketones is 1. The van der Waals surface area contributed by atoms with Crippen molar-refractivity contribution in [2.24, 2.45) is 5.92 Å². The van der Waals surface area contributed by atoms with Crippen molar-refractivity contribution in [2.45, 2.75) is 19.3 Å². The van der Waals surface area contributed by atoms with Gasteiger partial charge in [0.2, 0.25) is 5.75 Å². The molecule has 0 bridgehead atoms. The van der Waals surface area contributed by atoms with Gasteiger partial charge in [-0.2, -0.15) is 0 Å². The first kappa shape index (κ1) is 19.7.